The van der Waals surface area contributed by atoms with Gasteiger partial charge in [0.2, 0.25) is 0 Å². The number of ether oxygens (including phenoxy) is 1. The van der Waals surface area contributed by atoms with Crippen molar-refractivity contribution in [1.82, 2.24) is 4.90 Å². The molecule has 2 fully saturated rings. The fraction of sp³-hybridized carbons (Fsp3) is 0.444. The van der Waals surface area contributed by atoms with Gasteiger partial charge in [0.1, 0.15) is 5.75 Å². The Morgan fingerprint density at radius 2 is 2.08 bits per heavy atom. The van der Waals surface area contributed by atoms with Crippen molar-refractivity contribution >= 4 is 39.9 Å². The van der Waals surface area contributed by atoms with Crippen LogP contribution in [0.1, 0.15) is 32.6 Å². The van der Waals surface area contributed by atoms with Gasteiger partial charge >= 0.3 is 0 Å². The summed E-state index contributed by atoms with van der Waals surface area (Å²) in [5.41, 5.74) is 0.785. The van der Waals surface area contributed by atoms with Gasteiger partial charge in [-0.05, 0) is 49.9 Å². The van der Waals surface area contributed by atoms with Crippen LogP contribution < -0.4 is 9.64 Å². The molecular weight excluding hydrogens is 340 g/mol. The van der Waals surface area contributed by atoms with Crippen molar-refractivity contribution in [3.05, 3.63) is 35.4 Å². The zero-order valence-electron chi connectivity index (χ0n) is 14.0. The highest BCUT2D eigenvalue weighted by atomic mass is 32.2. The van der Waals surface area contributed by atoms with E-state index in [1.165, 1.54) is 31.0 Å². The van der Waals surface area contributed by atoms with Crippen molar-refractivity contribution in [1.29, 1.82) is 0 Å². The van der Waals surface area contributed by atoms with Crippen molar-refractivity contribution in [3.8, 4) is 5.75 Å². The summed E-state index contributed by atoms with van der Waals surface area (Å²) in [6.45, 7) is 3.23. The van der Waals surface area contributed by atoms with E-state index >= 15 is 0 Å². The van der Waals surface area contributed by atoms with Gasteiger partial charge in [-0.2, -0.15) is 0 Å². The van der Waals surface area contributed by atoms with Crippen LogP contribution in [0.25, 0.3) is 0 Å². The van der Waals surface area contributed by atoms with Crippen molar-refractivity contribution in [2.24, 2.45) is 0 Å². The normalized spacial score (nSPS) is 23.2. The third kappa shape index (κ3) is 3.44. The van der Waals surface area contributed by atoms with E-state index in [0.29, 0.717) is 10.4 Å². The van der Waals surface area contributed by atoms with Gasteiger partial charge in [-0.15, -0.1) is 0 Å². The monoisotopic (exact) mass is 362 g/mol. The lowest BCUT2D eigenvalue weighted by Gasteiger charge is -2.34. The second-order valence-electron chi connectivity index (χ2n) is 6.00. The van der Waals surface area contributed by atoms with Crippen LogP contribution in [0, 0.1) is 0 Å². The van der Waals surface area contributed by atoms with Crippen molar-refractivity contribution in [2.75, 3.05) is 18.6 Å². The maximum atomic E-state index is 12.8. The number of rotatable bonds is 4. The fourth-order valence-corrected chi connectivity index (χ4v) is 4.49. The molecule has 2 saturated heterocycles. The average Bonchev–Trinajstić information content (AvgIpc) is 2.89. The summed E-state index contributed by atoms with van der Waals surface area (Å²) < 4.78 is 5.76. The molecule has 1 aromatic rings. The number of amides is 1. The van der Waals surface area contributed by atoms with Crippen LogP contribution in [-0.4, -0.2) is 34.8 Å². The summed E-state index contributed by atoms with van der Waals surface area (Å²) in [4.78, 5) is 17.5. The van der Waals surface area contributed by atoms with E-state index in [2.05, 4.69) is 11.8 Å². The Bertz CT molecular complexity index is 657. The third-order valence-corrected chi connectivity index (χ3v) is 5.84. The van der Waals surface area contributed by atoms with Crippen molar-refractivity contribution in [2.45, 2.75) is 38.6 Å². The number of methoxy groups -OCH3 is 1. The van der Waals surface area contributed by atoms with E-state index in [-0.39, 0.29) is 5.91 Å². The van der Waals surface area contributed by atoms with Gasteiger partial charge in [-0.3, -0.25) is 9.69 Å². The van der Waals surface area contributed by atoms with Crippen LogP contribution in [0.2, 0.25) is 0 Å². The van der Waals surface area contributed by atoms with Crippen LogP contribution >= 0.6 is 24.0 Å². The molecule has 0 N–H and O–H groups in total. The highest BCUT2D eigenvalue weighted by Crippen LogP contribution is 2.36. The number of hydrogen-bond acceptors (Lipinski definition) is 5. The molecule has 6 heteroatoms. The van der Waals surface area contributed by atoms with Crippen LogP contribution in [0.3, 0.4) is 0 Å². The summed E-state index contributed by atoms with van der Waals surface area (Å²) in [6.07, 6.45) is 6.79. The van der Waals surface area contributed by atoms with Crippen molar-refractivity contribution in [3.63, 3.8) is 0 Å². The van der Waals surface area contributed by atoms with Gasteiger partial charge in [0, 0.05) is 18.8 Å². The van der Waals surface area contributed by atoms with Gasteiger partial charge in [-0.1, -0.05) is 30.9 Å². The minimum absolute atomic E-state index is 0.0319. The van der Waals surface area contributed by atoms with Crippen molar-refractivity contribution < 1.29 is 9.53 Å². The SMILES string of the molecule is CCC1CCCCN1/C=C1/SC(=S)N(c2ccc(OC)cc2)C1=O. The lowest BCUT2D eigenvalue weighted by molar-refractivity contribution is -0.113. The van der Waals surface area contributed by atoms with Gasteiger partial charge < -0.3 is 9.64 Å². The molecule has 2 aliphatic heterocycles. The summed E-state index contributed by atoms with van der Waals surface area (Å²) >= 11 is 6.83. The summed E-state index contributed by atoms with van der Waals surface area (Å²) in [7, 11) is 1.63. The number of piperidine rings is 1. The molecule has 0 aromatic heterocycles. The molecule has 1 aromatic carbocycles. The topological polar surface area (TPSA) is 32.8 Å². The molecule has 0 aliphatic carbocycles. The Labute approximate surface area is 152 Å². The second kappa shape index (κ2) is 7.57. The maximum Gasteiger partial charge on any atom is 0.272 e. The van der Waals surface area contributed by atoms with E-state index < -0.39 is 0 Å². The number of carbonyl (C=O) groups is 1. The smallest absolute Gasteiger partial charge is 0.272 e. The van der Waals surface area contributed by atoms with Crippen LogP contribution in [0.15, 0.2) is 35.4 Å². The lowest BCUT2D eigenvalue weighted by Crippen LogP contribution is -2.35. The number of nitrogens with zero attached hydrogens (tertiary/aromatic N) is 2. The molecule has 0 spiro atoms. The van der Waals surface area contributed by atoms with E-state index in [4.69, 9.17) is 17.0 Å². The third-order valence-electron chi connectivity index (χ3n) is 4.55. The standard InChI is InChI=1S/C18H22N2O2S2/c1-3-13-6-4-5-11-19(13)12-16-17(21)20(18(23)24-16)14-7-9-15(22-2)10-8-14/h7-10,12-13H,3-6,11H2,1-2H3/b16-12+. The molecule has 24 heavy (non-hydrogen) atoms. The number of likely N-dealkylation sites (tertiary alicyclic amines) is 1. The van der Waals surface area contributed by atoms with E-state index in [1.54, 1.807) is 12.0 Å². The minimum atomic E-state index is -0.0319. The van der Waals surface area contributed by atoms with Gasteiger partial charge in [-0.25, -0.2) is 0 Å². The Morgan fingerprint density at radius 3 is 2.75 bits per heavy atom. The number of carbonyl (C=O) groups excluding carboxylic acids is 1. The Hall–Kier alpha value is -1.53. The Balaban J connectivity index is 1.81. The summed E-state index contributed by atoms with van der Waals surface area (Å²) in [5.74, 6) is 0.731. The molecule has 1 amide bonds. The lowest BCUT2D eigenvalue weighted by atomic mass is 10.0. The first kappa shape index (κ1) is 17.3. The molecule has 2 heterocycles. The fourth-order valence-electron chi connectivity index (χ4n) is 3.19. The highest BCUT2D eigenvalue weighted by Gasteiger charge is 2.34. The molecule has 0 radical (unpaired) electrons. The first-order chi connectivity index (χ1) is 11.6. The van der Waals surface area contributed by atoms with Crippen LogP contribution in [-0.2, 0) is 4.79 Å². The van der Waals surface area contributed by atoms with Gasteiger partial charge in [0.15, 0.2) is 4.32 Å². The molecule has 0 bridgehead atoms. The quantitative estimate of drug-likeness (QED) is 0.593. The zero-order valence-corrected chi connectivity index (χ0v) is 15.7. The van der Waals surface area contributed by atoms with Crippen LogP contribution in [0.5, 0.6) is 5.75 Å². The first-order valence-electron chi connectivity index (χ1n) is 8.32. The minimum Gasteiger partial charge on any atom is -0.497 e. The molecule has 4 nitrogen and oxygen atoms in total. The number of thiocarbonyl (C=S) groups is 1. The predicted molar refractivity (Wildman–Crippen MR) is 103 cm³/mol. The highest BCUT2D eigenvalue weighted by molar-refractivity contribution is 8.27. The van der Waals surface area contributed by atoms with Gasteiger partial charge in [0.05, 0.1) is 17.7 Å². The molecule has 3 rings (SSSR count). The number of hydrogen-bond donors (Lipinski definition) is 0. The first-order valence-corrected chi connectivity index (χ1v) is 9.54. The van der Waals surface area contributed by atoms with E-state index in [9.17, 15) is 4.79 Å². The molecule has 2 aliphatic rings. The maximum absolute atomic E-state index is 12.8. The molecule has 1 atom stereocenters. The van der Waals surface area contributed by atoms with E-state index in [0.717, 1.165) is 29.3 Å². The number of benzene rings is 1. The van der Waals surface area contributed by atoms with Gasteiger partial charge in [0.25, 0.3) is 5.91 Å². The Kier molecular flexibility index (Phi) is 5.46. The molecule has 1 unspecified atom stereocenters. The largest absolute Gasteiger partial charge is 0.497 e. The summed E-state index contributed by atoms with van der Waals surface area (Å²) in [5, 5.41) is 0. The number of thioether (sulfide) groups is 1. The number of anilines is 1. The zero-order chi connectivity index (χ0) is 17.1. The van der Waals surface area contributed by atoms with Crippen LogP contribution in [0.4, 0.5) is 5.69 Å². The second-order valence-corrected chi connectivity index (χ2v) is 7.67. The average molecular weight is 363 g/mol. The molecular formula is C18H22N2O2S2. The molecule has 128 valence electrons. The van der Waals surface area contributed by atoms with E-state index in [1.807, 2.05) is 30.5 Å². The summed E-state index contributed by atoms with van der Waals surface area (Å²) in [6, 6.07) is 7.94. The molecule has 0 saturated carbocycles. The Morgan fingerprint density at radius 1 is 1.33 bits per heavy atom. The predicted octanol–water partition coefficient (Wildman–Crippen LogP) is 4.17.